The van der Waals surface area contributed by atoms with E-state index in [0.29, 0.717) is 18.5 Å². The second-order valence-electron chi connectivity index (χ2n) is 4.32. The van der Waals surface area contributed by atoms with Crippen LogP contribution in [0.1, 0.15) is 21.5 Å². The molecule has 1 aromatic rings. The van der Waals surface area contributed by atoms with Gasteiger partial charge in [-0.05, 0) is 18.1 Å². The molecule has 0 unspecified atom stereocenters. The van der Waals surface area contributed by atoms with Gasteiger partial charge in [0.05, 0.1) is 10.5 Å². The molecule has 98 valence electrons. The fourth-order valence-electron chi connectivity index (χ4n) is 2.31. The summed E-state index contributed by atoms with van der Waals surface area (Å²) < 4.78 is 18.9. The number of benzene rings is 1. The third-order valence-electron chi connectivity index (χ3n) is 3.17. The zero-order valence-electron chi connectivity index (χ0n) is 9.73. The number of nitrogens with one attached hydrogen (secondary N) is 1. The molecule has 0 fully saturated rings. The maximum atomic E-state index is 13.9. The van der Waals surface area contributed by atoms with Crippen LogP contribution in [0.25, 0.3) is 6.08 Å². The van der Waals surface area contributed by atoms with Crippen molar-refractivity contribution >= 4 is 12.0 Å². The third kappa shape index (κ3) is 1.74. The minimum atomic E-state index is -0.596. The number of rotatable bonds is 1. The van der Waals surface area contributed by atoms with Crippen molar-refractivity contribution < 1.29 is 18.8 Å². The lowest BCUT2D eigenvalue weighted by Crippen LogP contribution is -2.33. The quantitative estimate of drug-likeness (QED) is 0.608. The van der Waals surface area contributed by atoms with E-state index < -0.39 is 10.7 Å². The van der Waals surface area contributed by atoms with Gasteiger partial charge in [-0.25, -0.2) is 4.39 Å². The van der Waals surface area contributed by atoms with Gasteiger partial charge in [-0.2, -0.15) is 0 Å². The second kappa shape index (κ2) is 4.04. The van der Waals surface area contributed by atoms with Crippen LogP contribution in [0, 0.1) is 15.9 Å². The summed E-state index contributed by atoms with van der Waals surface area (Å²) in [5.74, 6) is -1.05. The average Bonchev–Trinajstić information content (AvgIpc) is 2.38. The van der Waals surface area contributed by atoms with E-state index in [1.54, 1.807) is 0 Å². The first-order valence-corrected chi connectivity index (χ1v) is 5.69. The summed E-state index contributed by atoms with van der Waals surface area (Å²) in [4.78, 5) is 22.0. The highest BCUT2D eigenvalue weighted by atomic mass is 19.1. The topological polar surface area (TPSA) is 81.5 Å². The van der Waals surface area contributed by atoms with Crippen molar-refractivity contribution in [1.29, 1.82) is 0 Å². The highest BCUT2D eigenvalue weighted by molar-refractivity contribution is 6.01. The highest BCUT2D eigenvalue weighted by Gasteiger charge is 2.30. The van der Waals surface area contributed by atoms with Gasteiger partial charge in [-0.1, -0.05) is 0 Å². The SMILES string of the molecule is O=C1NCCc2cc(F)c3c(c21)C=C([N+](=O)[O-])CO3. The molecule has 2 aliphatic heterocycles. The minimum absolute atomic E-state index is 0.0959. The fourth-order valence-corrected chi connectivity index (χ4v) is 2.31. The van der Waals surface area contributed by atoms with Crippen LogP contribution in [0.5, 0.6) is 5.75 Å². The zero-order valence-corrected chi connectivity index (χ0v) is 9.73. The lowest BCUT2D eigenvalue weighted by Gasteiger charge is -2.23. The van der Waals surface area contributed by atoms with Crippen molar-refractivity contribution in [2.45, 2.75) is 6.42 Å². The van der Waals surface area contributed by atoms with Crippen LogP contribution in [0.3, 0.4) is 0 Å². The molecule has 0 radical (unpaired) electrons. The van der Waals surface area contributed by atoms with E-state index in [4.69, 9.17) is 4.74 Å². The first kappa shape index (κ1) is 11.6. The Balaban J connectivity index is 2.27. The van der Waals surface area contributed by atoms with Gasteiger partial charge in [-0.3, -0.25) is 14.9 Å². The van der Waals surface area contributed by atoms with Crippen molar-refractivity contribution in [3.8, 4) is 5.75 Å². The van der Waals surface area contributed by atoms with E-state index in [1.807, 2.05) is 0 Å². The highest BCUT2D eigenvalue weighted by Crippen LogP contribution is 2.35. The number of fused-ring (bicyclic) bond motifs is 3. The molecule has 0 saturated carbocycles. The maximum Gasteiger partial charge on any atom is 0.284 e. The van der Waals surface area contributed by atoms with Crippen LogP contribution >= 0.6 is 0 Å². The van der Waals surface area contributed by atoms with E-state index >= 15 is 0 Å². The molecule has 2 aliphatic rings. The van der Waals surface area contributed by atoms with Gasteiger partial charge in [-0.15, -0.1) is 0 Å². The van der Waals surface area contributed by atoms with Crippen LogP contribution in [0.4, 0.5) is 4.39 Å². The largest absolute Gasteiger partial charge is 0.479 e. The summed E-state index contributed by atoms with van der Waals surface area (Å²) in [5, 5.41) is 13.4. The first-order valence-electron chi connectivity index (χ1n) is 5.69. The summed E-state index contributed by atoms with van der Waals surface area (Å²) in [6, 6.07) is 1.26. The molecule has 1 aromatic carbocycles. The van der Waals surface area contributed by atoms with Gasteiger partial charge < -0.3 is 10.1 Å². The predicted molar refractivity (Wildman–Crippen MR) is 62.9 cm³/mol. The Kier molecular flexibility index (Phi) is 2.48. The molecule has 6 nitrogen and oxygen atoms in total. The third-order valence-corrected chi connectivity index (χ3v) is 3.17. The summed E-state index contributed by atoms with van der Waals surface area (Å²) in [6.45, 7) is 0.119. The van der Waals surface area contributed by atoms with Crippen molar-refractivity contribution in [3.05, 3.63) is 44.4 Å². The van der Waals surface area contributed by atoms with Crippen molar-refractivity contribution in [2.24, 2.45) is 0 Å². The summed E-state index contributed by atoms with van der Waals surface area (Å²) in [5.41, 5.74) is 0.773. The van der Waals surface area contributed by atoms with E-state index in [1.165, 1.54) is 12.1 Å². The number of hydrogen-bond donors (Lipinski definition) is 1. The van der Waals surface area contributed by atoms with Gasteiger partial charge in [0.15, 0.2) is 18.2 Å². The van der Waals surface area contributed by atoms with Crippen LogP contribution in [-0.4, -0.2) is 24.0 Å². The second-order valence-corrected chi connectivity index (χ2v) is 4.32. The normalized spacial score (nSPS) is 16.7. The van der Waals surface area contributed by atoms with Crippen molar-refractivity contribution in [2.75, 3.05) is 13.2 Å². The lowest BCUT2D eigenvalue weighted by atomic mass is 9.93. The Labute approximate surface area is 107 Å². The number of amides is 1. The minimum Gasteiger partial charge on any atom is -0.479 e. The number of nitrogens with zero attached hydrogens (tertiary/aromatic N) is 1. The number of ether oxygens (including phenoxy) is 1. The molecule has 1 N–H and O–H groups in total. The lowest BCUT2D eigenvalue weighted by molar-refractivity contribution is -0.427. The van der Waals surface area contributed by atoms with Crippen LogP contribution in [0.15, 0.2) is 11.8 Å². The van der Waals surface area contributed by atoms with E-state index in [9.17, 15) is 19.3 Å². The number of nitro groups is 1. The van der Waals surface area contributed by atoms with E-state index in [2.05, 4.69) is 5.32 Å². The van der Waals surface area contributed by atoms with Crippen LogP contribution < -0.4 is 10.1 Å². The van der Waals surface area contributed by atoms with Gasteiger partial charge in [0, 0.05) is 18.2 Å². The predicted octanol–water partition coefficient (Wildman–Crippen LogP) is 1.12. The van der Waals surface area contributed by atoms with Crippen LogP contribution in [0.2, 0.25) is 0 Å². The van der Waals surface area contributed by atoms with Crippen molar-refractivity contribution in [3.63, 3.8) is 0 Å². The molecule has 7 heteroatoms. The molecule has 19 heavy (non-hydrogen) atoms. The molecule has 0 bridgehead atoms. The molecule has 0 atom stereocenters. The molecule has 2 heterocycles. The first-order chi connectivity index (χ1) is 9.08. The Morgan fingerprint density at radius 1 is 1.47 bits per heavy atom. The Bertz CT molecular complexity index is 639. The number of carbonyl (C=O) groups is 1. The monoisotopic (exact) mass is 264 g/mol. The van der Waals surface area contributed by atoms with Gasteiger partial charge in [0.1, 0.15) is 0 Å². The molecular formula is C12H9FN2O4. The van der Waals surface area contributed by atoms with Crippen molar-refractivity contribution in [1.82, 2.24) is 5.32 Å². The van der Waals surface area contributed by atoms with E-state index in [-0.39, 0.29) is 35.1 Å². The summed E-state index contributed by atoms with van der Waals surface area (Å²) >= 11 is 0. The number of halogens is 1. The molecule has 0 aromatic heterocycles. The molecule has 3 rings (SSSR count). The van der Waals surface area contributed by atoms with Crippen LogP contribution in [-0.2, 0) is 6.42 Å². The molecule has 0 aliphatic carbocycles. The smallest absolute Gasteiger partial charge is 0.284 e. The maximum absolute atomic E-state index is 13.9. The molecule has 1 amide bonds. The number of carbonyl (C=O) groups excluding carboxylic acids is 1. The van der Waals surface area contributed by atoms with Gasteiger partial charge in [0.25, 0.3) is 11.6 Å². The van der Waals surface area contributed by atoms with Gasteiger partial charge >= 0.3 is 0 Å². The Hall–Kier alpha value is -2.44. The van der Waals surface area contributed by atoms with Gasteiger partial charge in [0.2, 0.25) is 0 Å². The zero-order chi connectivity index (χ0) is 13.6. The summed E-state index contributed by atoms with van der Waals surface area (Å²) in [7, 11) is 0. The summed E-state index contributed by atoms with van der Waals surface area (Å²) in [6.07, 6.45) is 1.71. The molecule has 0 saturated heterocycles. The number of hydrogen-bond acceptors (Lipinski definition) is 4. The standard InChI is InChI=1S/C12H9FN2O4/c13-9-3-6-1-2-14-12(16)10(6)8-4-7(15(17)18)5-19-11(8)9/h3-4H,1-2,5H2,(H,14,16). The molecule has 0 spiro atoms. The molecular weight excluding hydrogens is 255 g/mol. The average molecular weight is 264 g/mol. The Morgan fingerprint density at radius 3 is 3.00 bits per heavy atom. The Morgan fingerprint density at radius 2 is 2.26 bits per heavy atom. The fraction of sp³-hybridized carbons (Fsp3) is 0.250. The van der Waals surface area contributed by atoms with E-state index in [0.717, 1.165) is 0 Å².